The van der Waals surface area contributed by atoms with Crippen LogP contribution in [0.3, 0.4) is 0 Å². The van der Waals surface area contributed by atoms with Gasteiger partial charge < -0.3 is 9.47 Å². The minimum absolute atomic E-state index is 0.0731. The van der Waals surface area contributed by atoms with Crippen LogP contribution >= 0.6 is 0 Å². The van der Waals surface area contributed by atoms with E-state index in [1.165, 1.54) is 6.92 Å². The van der Waals surface area contributed by atoms with Gasteiger partial charge in [0.25, 0.3) is 0 Å². The summed E-state index contributed by atoms with van der Waals surface area (Å²) in [6.07, 6.45) is -0.110. The smallest absolute Gasteiger partial charge is 0.348 e. The van der Waals surface area contributed by atoms with Gasteiger partial charge in [-0.1, -0.05) is 0 Å². The molecule has 6 nitrogen and oxygen atoms in total. The van der Waals surface area contributed by atoms with Gasteiger partial charge in [0.1, 0.15) is 0 Å². The minimum Gasteiger partial charge on any atom is -0.348 e. The van der Waals surface area contributed by atoms with E-state index in [2.05, 4.69) is 0 Å². The van der Waals surface area contributed by atoms with Crippen molar-refractivity contribution in [1.29, 1.82) is 0 Å². The van der Waals surface area contributed by atoms with Crippen molar-refractivity contribution in [3.8, 4) is 0 Å². The van der Waals surface area contributed by atoms with Gasteiger partial charge in [0.15, 0.2) is 5.79 Å². The fourth-order valence-electron chi connectivity index (χ4n) is 1.33. The molecule has 1 rings (SSSR count). The van der Waals surface area contributed by atoms with Crippen LogP contribution in [0, 0.1) is 0 Å². The number of hydrogen-bond donors (Lipinski definition) is 1. The number of hydrogen-bond acceptors (Lipinski definition) is 4. The Bertz CT molecular complexity index is 344. The Hall–Kier alpha value is -0.0700. The molecule has 1 aliphatic heterocycles. The number of nitrogens with zero attached hydrogens (tertiary/aromatic N) is 1. The normalized spacial score (nSPS) is 23.2. The summed E-state index contributed by atoms with van der Waals surface area (Å²) in [7, 11) is -3.55. The molecule has 0 radical (unpaired) electrons. The number of rotatable bonds is 5. The van der Waals surface area contributed by atoms with Crippen LogP contribution < -0.4 is 0 Å². The van der Waals surface area contributed by atoms with Gasteiger partial charge in [0.05, 0.1) is 13.2 Å². The Labute approximate surface area is 106 Å². The highest BCUT2D eigenvalue weighted by atomic mass is 32.3. The SMILES string of the molecule is CC1(CCN(S(=O)O)S(=O)C(F)(F)F)OCCO1. The van der Waals surface area contributed by atoms with E-state index in [0.29, 0.717) is 13.2 Å². The molecule has 0 saturated carbocycles. The zero-order chi connectivity index (χ0) is 14.0. The molecule has 0 aliphatic carbocycles. The molecule has 0 aromatic heterocycles. The van der Waals surface area contributed by atoms with Crippen molar-refractivity contribution in [3.63, 3.8) is 0 Å². The largest absolute Gasteiger partial charge is 0.486 e. The van der Waals surface area contributed by atoms with Crippen LogP contribution in [0.1, 0.15) is 13.3 Å². The average molecular weight is 311 g/mol. The summed E-state index contributed by atoms with van der Waals surface area (Å²) >= 11 is -3.00. The first-order valence-electron chi connectivity index (χ1n) is 4.81. The highest BCUT2D eigenvalue weighted by molar-refractivity contribution is 7.95. The molecule has 0 aromatic carbocycles. The summed E-state index contributed by atoms with van der Waals surface area (Å²) in [4.78, 5) is 0. The van der Waals surface area contributed by atoms with Crippen LogP contribution in [0.4, 0.5) is 13.2 Å². The number of alkyl halides is 3. The van der Waals surface area contributed by atoms with Crippen LogP contribution in [-0.2, 0) is 31.7 Å². The fourth-order valence-corrected chi connectivity index (χ4v) is 2.78. The predicted molar refractivity (Wildman–Crippen MR) is 56.6 cm³/mol. The summed E-state index contributed by atoms with van der Waals surface area (Å²) in [6.45, 7) is 1.53. The van der Waals surface area contributed by atoms with Gasteiger partial charge in [-0.3, -0.25) is 4.55 Å². The molecule has 2 atom stereocenters. The third-order valence-corrected chi connectivity index (χ3v) is 4.47. The zero-order valence-electron chi connectivity index (χ0n) is 9.31. The molecule has 1 heterocycles. The highest BCUT2D eigenvalue weighted by Crippen LogP contribution is 2.27. The first kappa shape index (κ1) is 16.0. The van der Waals surface area contributed by atoms with Crippen molar-refractivity contribution in [2.45, 2.75) is 24.6 Å². The maximum absolute atomic E-state index is 12.2. The average Bonchev–Trinajstić information content (AvgIpc) is 2.63. The van der Waals surface area contributed by atoms with Crippen LogP contribution in [0.2, 0.25) is 0 Å². The molecule has 0 spiro atoms. The lowest BCUT2D eigenvalue weighted by Gasteiger charge is -2.25. The van der Waals surface area contributed by atoms with Crippen LogP contribution in [-0.4, -0.2) is 47.7 Å². The summed E-state index contributed by atoms with van der Waals surface area (Å²) < 4.78 is 77.3. The molecule has 1 N–H and O–H groups in total. The van der Waals surface area contributed by atoms with Gasteiger partial charge in [-0.2, -0.15) is 13.2 Å². The van der Waals surface area contributed by atoms with E-state index in [1.807, 2.05) is 0 Å². The van der Waals surface area contributed by atoms with Gasteiger partial charge in [-0.05, 0) is 6.92 Å². The first-order valence-corrected chi connectivity index (χ1v) is 6.98. The molecule has 0 amide bonds. The fraction of sp³-hybridized carbons (Fsp3) is 1.00. The minimum atomic E-state index is -5.09. The molecule has 108 valence electrons. The molecule has 0 aromatic rings. The van der Waals surface area contributed by atoms with Gasteiger partial charge >= 0.3 is 5.51 Å². The summed E-state index contributed by atoms with van der Waals surface area (Å²) in [5, 5.41) is 0. The van der Waals surface area contributed by atoms with Gasteiger partial charge in [0, 0.05) is 13.0 Å². The lowest BCUT2D eigenvalue weighted by atomic mass is 10.2. The van der Waals surface area contributed by atoms with E-state index >= 15 is 0 Å². The third kappa shape index (κ3) is 4.24. The van der Waals surface area contributed by atoms with E-state index in [-0.39, 0.29) is 10.1 Å². The second-order valence-electron chi connectivity index (χ2n) is 3.56. The molecule has 11 heteroatoms. The maximum atomic E-state index is 12.2. The summed E-state index contributed by atoms with van der Waals surface area (Å²) in [5.74, 6) is -1.12. The van der Waals surface area contributed by atoms with E-state index < -0.39 is 40.1 Å². The molecular formula is C7H12F3NO5S2. The topological polar surface area (TPSA) is 76.1 Å². The van der Waals surface area contributed by atoms with E-state index in [4.69, 9.17) is 14.0 Å². The molecule has 1 aliphatic rings. The van der Waals surface area contributed by atoms with E-state index in [9.17, 15) is 21.6 Å². The number of ether oxygens (including phenoxy) is 2. The Morgan fingerprint density at radius 2 is 1.83 bits per heavy atom. The Kier molecular flexibility index (Phi) is 5.26. The van der Waals surface area contributed by atoms with Gasteiger partial charge in [-0.15, -0.1) is 3.71 Å². The summed E-state index contributed by atoms with van der Waals surface area (Å²) in [5.41, 5.74) is -5.09. The molecule has 18 heavy (non-hydrogen) atoms. The lowest BCUT2D eigenvalue weighted by Crippen LogP contribution is -2.40. The van der Waals surface area contributed by atoms with Crippen molar-refractivity contribution >= 4 is 22.3 Å². The van der Waals surface area contributed by atoms with E-state index in [0.717, 1.165) is 0 Å². The Morgan fingerprint density at radius 1 is 1.33 bits per heavy atom. The third-order valence-electron chi connectivity index (χ3n) is 2.20. The second-order valence-corrected chi connectivity index (χ2v) is 6.10. The number of halogens is 3. The highest BCUT2D eigenvalue weighted by Gasteiger charge is 2.44. The molecule has 1 fully saturated rings. The monoisotopic (exact) mass is 311 g/mol. The second kappa shape index (κ2) is 5.92. The Morgan fingerprint density at radius 3 is 2.22 bits per heavy atom. The van der Waals surface area contributed by atoms with Crippen molar-refractivity contribution < 1.29 is 35.6 Å². The quantitative estimate of drug-likeness (QED) is 0.759. The van der Waals surface area contributed by atoms with E-state index in [1.54, 1.807) is 0 Å². The van der Waals surface area contributed by atoms with Gasteiger partial charge in [0.2, 0.25) is 22.3 Å². The molecule has 2 unspecified atom stereocenters. The summed E-state index contributed by atoms with van der Waals surface area (Å²) in [6, 6.07) is 0. The molecular weight excluding hydrogens is 299 g/mol. The van der Waals surface area contributed by atoms with Crippen molar-refractivity contribution in [3.05, 3.63) is 0 Å². The van der Waals surface area contributed by atoms with Crippen molar-refractivity contribution in [1.82, 2.24) is 3.71 Å². The molecule has 1 saturated heterocycles. The van der Waals surface area contributed by atoms with Crippen molar-refractivity contribution in [2.75, 3.05) is 19.8 Å². The maximum Gasteiger partial charge on any atom is 0.486 e. The predicted octanol–water partition coefficient (Wildman–Crippen LogP) is 0.762. The van der Waals surface area contributed by atoms with Crippen LogP contribution in [0.5, 0.6) is 0 Å². The van der Waals surface area contributed by atoms with Gasteiger partial charge in [-0.25, -0.2) is 8.42 Å². The first-order chi connectivity index (χ1) is 8.16. The standard InChI is InChI=1S/C7H12F3NO5S2/c1-6(15-4-5-16-6)2-3-11(18(13)14)17(12)7(8,9)10/h2-5H2,1H3,(H,13,14). The van der Waals surface area contributed by atoms with Crippen LogP contribution in [0.15, 0.2) is 0 Å². The Balaban J connectivity index is 2.64. The van der Waals surface area contributed by atoms with Crippen molar-refractivity contribution in [2.24, 2.45) is 0 Å². The zero-order valence-corrected chi connectivity index (χ0v) is 10.9. The van der Waals surface area contributed by atoms with Crippen LogP contribution in [0.25, 0.3) is 0 Å². The molecule has 0 bridgehead atoms. The lowest BCUT2D eigenvalue weighted by molar-refractivity contribution is -0.146.